The maximum absolute atomic E-state index is 14.8. The number of rotatable bonds is 4. The molecule has 3 rings (SSSR count). The molecule has 142 valence electrons. The van der Waals surface area contributed by atoms with Gasteiger partial charge >= 0.3 is 7.12 Å². The summed E-state index contributed by atoms with van der Waals surface area (Å²) in [6, 6.07) is 7.25. The molecule has 4 nitrogen and oxygen atoms in total. The van der Waals surface area contributed by atoms with Crippen LogP contribution in [-0.2, 0) is 9.31 Å². The molecule has 0 spiro atoms. The fourth-order valence-corrected chi connectivity index (χ4v) is 3.26. The molecule has 1 aliphatic carbocycles. The molecule has 1 saturated heterocycles. The SMILES string of the molecule is CC1(C)OB(C(F)=Cc2ccccc2OC2CCCCC2O)OC1(C)C. The van der Waals surface area contributed by atoms with Gasteiger partial charge in [-0.2, -0.15) is 0 Å². The number of hydrogen-bond donors (Lipinski definition) is 1. The molecule has 1 saturated carbocycles. The van der Waals surface area contributed by atoms with Gasteiger partial charge in [-0.25, -0.2) is 4.39 Å². The van der Waals surface area contributed by atoms with Crippen LogP contribution in [0.1, 0.15) is 58.9 Å². The van der Waals surface area contributed by atoms with Crippen molar-refractivity contribution in [2.75, 3.05) is 0 Å². The molecule has 2 atom stereocenters. The Morgan fingerprint density at radius 3 is 2.42 bits per heavy atom. The van der Waals surface area contributed by atoms with Crippen molar-refractivity contribution in [3.63, 3.8) is 0 Å². The third-order valence-electron chi connectivity index (χ3n) is 5.64. The molecular formula is C20H28BFO4. The zero-order chi connectivity index (χ0) is 18.9. The van der Waals surface area contributed by atoms with E-state index in [0.29, 0.717) is 11.3 Å². The molecular weight excluding hydrogens is 334 g/mol. The van der Waals surface area contributed by atoms with Gasteiger partial charge in [-0.15, -0.1) is 0 Å². The van der Waals surface area contributed by atoms with Crippen molar-refractivity contribution in [1.82, 2.24) is 0 Å². The molecule has 1 aliphatic heterocycles. The smallest absolute Gasteiger partial charge is 0.487 e. The predicted octanol–water partition coefficient (Wildman–Crippen LogP) is 4.31. The van der Waals surface area contributed by atoms with Crippen molar-refractivity contribution in [2.45, 2.75) is 76.8 Å². The number of hydrogen-bond acceptors (Lipinski definition) is 4. The van der Waals surface area contributed by atoms with Crippen LogP contribution in [0.15, 0.2) is 30.0 Å². The third kappa shape index (κ3) is 3.97. The van der Waals surface area contributed by atoms with Gasteiger partial charge < -0.3 is 19.2 Å². The van der Waals surface area contributed by atoms with E-state index in [-0.39, 0.29) is 6.10 Å². The lowest BCUT2D eigenvalue weighted by molar-refractivity contribution is 0.00578. The fourth-order valence-electron chi connectivity index (χ4n) is 3.26. The van der Waals surface area contributed by atoms with E-state index in [9.17, 15) is 9.50 Å². The fraction of sp³-hybridized carbons (Fsp3) is 0.600. The lowest BCUT2D eigenvalue weighted by atomic mass is 9.86. The highest BCUT2D eigenvalue weighted by molar-refractivity contribution is 6.54. The molecule has 0 aromatic heterocycles. The number of aliphatic hydroxyl groups excluding tert-OH is 1. The number of benzene rings is 1. The van der Waals surface area contributed by atoms with Crippen molar-refractivity contribution in [3.05, 3.63) is 35.6 Å². The lowest BCUT2D eigenvalue weighted by Crippen LogP contribution is -2.41. The minimum Gasteiger partial charge on any atom is -0.487 e. The van der Waals surface area contributed by atoms with Gasteiger partial charge in [0.2, 0.25) is 0 Å². The number of para-hydroxylation sites is 1. The minimum absolute atomic E-state index is 0.252. The zero-order valence-corrected chi connectivity index (χ0v) is 16.0. The van der Waals surface area contributed by atoms with E-state index in [1.54, 1.807) is 12.1 Å². The zero-order valence-electron chi connectivity index (χ0n) is 16.0. The van der Waals surface area contributed by atoms with E-state index in [1.165, 1.54) is 6.08 Å². The first-order valence-corrected chi connectivity index (χ1v) is 9.36. The monoisotopic (exact) mass is 362 g/mol. The quantitative estimate of drug-likeness (QED) is 0.811. The number of ether oxygens (including phenoxy) is 1. The van der Waals surface area contributed by atoms with Gasteiger partial charge in [-0.05, 0) is 59.1 Å². The Labute approximate surface area is 155 Å². The molecule has 26 heavy (non-hydrogen) atoms. The van der Waals surface area contributed by atoms with Crippen molar-refractivity contribution in [1.29, 1.82) is 0 Å². The van der Waals surface area contributed by atoms with Crippen molar-refractivity contribution < 1.29 is 23.5 Å². The molecule has 2 unspecified atom stereocenters. The highest BCUT2D eigenvalue weighted by Gasteiger charge is 2.53. The van der Waals surface area contributed by atoms with Crippen molar-refractivity contribution >= 4 is 13.2 Å². The average molecular weight is 362 g/mol. The Bertz CT molecular complexity index is 658. The van der Waals surface area contributed by atoms with Gasteiger partial charge in [0, 0.05) is 5.56 Å². The molecule has 2 aliphatic rings. The van der Waals surface area contributed by atoms with E-state index in [2.05, 4.69) is 0 Å². The molecule has 0 bridgehead atoms. The van der Waals surface area contributed by atoms with Crippen LogP contribution in [0.2, 0.25) is 0 Å². The molecule has 2 fully saturated rings. The first kappa shape index (κ1) is 19.4. The summed E-state index contributed by atoms with van der Waals surface area (Å²) in [7, 11) is -1.03. The Balaban J connectivity index is 1.78. The minimum atomic E-state index is -1.03. The highest BCUT2D eigenvalue weighted by atomic mass is 19.1. The van der Waals surface area contributed by atoms with Crippen LogP contribution in [0.25, 0.3) is 6.08 Å². The summed E-state index contributed by atoms with van der Waals surface area (Å²) in [5.74, 6) is 0.560. The van der Waals surface area contributed by atoms with Crippen LogP contribution >= 0.6 is 0 Å². The summed E-state index contributed by atoms with van der Waals surface area (Å²) in [5.41, 5.74) is -1.07. The maximum atomic E-state index is 14.8. The normalized spacial score (nSPS) is 28.2. The molecule has 0 radical (unpaired) electrons. The summed E-state index contributed by atoms with van der Waals surface area (Å²) in [6.07, 6.45) is 4.25. The predicted molar refractivity (Wildman–Crippen MR) is 100 cm³/mol. The number of halogens is 1. The van der Waals surface area contributed by atoms with Gasteiger partial charge in [0.25, 0.3) is 0 Å². The molecule has 6 heteroatoms. The van der Waals surface area contributed by atoms with Crippen molar-refractivity contribution in [2.24, 2.45) is 0 Å². The van der Waals surface area contributed by atoms with Crippen LogP contribution in [0.4, 0.5) is 4.39 Å². The van der Waals surface area contributed by atoms with Gasteiger partial charge in [-0.1, -0.05) is 24.6 Å². The Morgan fingerprint density at radius 2 is 1.77 bits per heavy atom. The summed E-state index contributed by atoms with van der Waals surface area (Å²) in [6.45, 7) is 7.56. The topological polar surface area (TPSA) is 47.9 Å². The second-order valence-electron chi connectivity index (χ2n) is 8.16. The summed E-state index contributed by atoms with van der Waals surface area (Å²) in [4.78, 5) is 0. The molecule has 0 amide bonds. The van der Waals surface area contributed by atoms with E-state index < -0.39 is 30.2 Å². The van der Waals surface area contributed by atoms with Gasteiger partial charge in [0.1, 0.15) is 17.6 Å². The highest BCUT2D eigenvalue weighted by Crippen LogP contribution is 2.39. The second kappa shape index (κ2) is 7.33. The van der Waals surface area contributed by atoms with Crippen LogP contribution in [0, 0.1) is 0 Å². The summed E-state index contributed by atoms with van der Waals surface area (Å²) >= 11 is 0. The summed E-state index contributed by atoms with van der Waals surface area (Å²) in [5, 5.41) is 10.1. The second-order valence-corrected chi connectivity index (χ2v) is 8.16. The first-order valence-electron chi connectivity index (χ1n) is 9.36. The van der Waals surface area contributed by atoms with Gasteiger partial charge in [0.15, 0.2) is 0 Å². The van der Waals surface area contributed by atoms with Crippen LogP contribution in [0.5, 0.6) is 5.75 Å². The average Bonchev–Trinajstić information content (AvgIpc) is 2.79. The molecule has 1 N–H and O–H groups in total. The van der Waals surface area contributed by atoms with Gasteiger partial charge in [-0.3, -0.25) is 0 Å². The van der Waals surface area contributed by atoms with E-state index in [4.69, 9.17) is 14.0 Å². The number of aliphatic hydroxyl groups is 1. The van der Waals surface area contributed by atoms with E-state index in [0.717, 1.165) is 25.7 Å². The van der Waals surface area contributed by atoms with E-state index in [1.807, 2.05) is 39.8 Å². The largest absolute Gasteiger partial charge is 0.525 e. The molecule has 1 aromatic carbocycles. The first-order chi connectivity index (χ1) is 12.2. The van der Waals surface area contributed by atoms with Gasteiger partial charge in [0.05, 0.1) is 17.3 Å². The van der Waals surface area contributed by atoms with Crippen LogP contribution < -0.4 is 4.74 Å². The Kier molecular flexibility index (Phi) is 5.47. The van der Waals surface area contributed by atoms with Crippen LogP contribution in [-0.4, -0.2) is 35.6 Å². The standard InChI is InChI=1S/C20H28BFO4/c1-19(2)20(3,4)26-21(25-19)18(22)13-14-9-5-7-11-16(14)24-17-12-8-6-10-15(17)23/h5,7,9,11,13,15,17,23H,6,8,10,12H2,1-4H3. The maximum Gasteiger partial charge on any atom is 0.525 e. The molecule has 1 heterocycles. The third-order valence-corrected chi connectivity index (χ3v) is 5.64. The Morgan fingerprint density at radius 1 is 1.15 bits per heavy atom. The Hall–Kier alpha value is -1.37. The van der Waals surface area contributed by atoms with Crippen molar-refractivity contribution in [3.8, 4) is 5.75 Å². The van der Waals surface area contributed by atoms with E-state index >= 15 is 0 Å². The van der Waals surface area contributed by atoms with Crippen LogP contribution in [0.3, 0.4) is 0 Å². The lowest BCUT2D eigenvalue weighted by Gasteiger charge is -2.32. The molecule has 1 aromatic rings. The summed E-state index contributed by atoms with van der Waals surface area (Å²) < 4.78 is 32.3.